The summed E-state index contributed by atoms with van der Waals surface area (Å²) in [5.41, 5.74) is 4.61. The van der Waals surface area contributed by atoms with E-state index < -0.39 is 10.8 Å². The Morgan fingerprint density at radius 2 is 1.92 bits per heavy atom. The van der Waals surface area contributed by atoms with Crippen molar-refractivity contribution in [3.8, 4) is 0 Å². The van der Waals surface area contributed by atoms with Crippen molar-refractivity contribution >= 4 is 17.3 Å². The van der Waals surface area contributed by atoms with E-state index in [4.69, 9.17) is 0 Å². The summed E-state index contributed by atoms with van der Waals surface area (Å²) in [5.74, 6) is -0.428. The van der Waals surface area contributed by atoms with Gasteiger partial charge >= 0.3 is 0 Å². The largest absolute Gasteiger partial charge is 0.291 e. The summed E-state index contributed by atoms with van der Waals surface area (Å²) in [7, 11) is 0. The molecule has 1 aromatic carbocycles. The zero-order valence-corrected chi connectivity index (χ0v) is 14.0. The van der Waals surface area contributed by atoms with Crippen LogP contribution in [0, 0.1) is 10.1 Å². The van der Waals surface area contributed by atoms with Crippen molar-refractivity contribution in [2.45, 2.75) is 33.1 Å². The van der Waals surface area contributed by atoms with Crippen LogP contribution in [0.4, 0.5) is 5.69 Å². The zero-order valence-electron chi connectivity index (χ0n) is 14.0. The lowest BCUT2D eigenvalue weighted by molar-refractivity contribution is -0.384. The van der Waals surface area contributed by atoms with Crippen molar-refractivity contribution in [3.63, 3.8) is 0 Å². The highest BCUT2D eigenvalue weighted by molar-refractivity contribution is 6.00. The molecule has 1 heterocycles. The van der Waals surface area contributed by atoms with E-state index >= 15 is 0 Å². The van der Waals surface area contributed by atoms with E-state index in [1.807, 2.05) is 20.8 Å². The third-order valence-electron chi connectivity index (χ3n) is 3.44. The second kappa shape index (κ2) is 6.61. The van der Waals surface area contributed by atoms with Gasteiger partial charge in [-0.1, -0.05) is 20.8 Å². The van der Waals surface area contributed by atoms with Gasteiger partial charge in [-0.2, -0.15) is 10.2 Å². The zero-order chi connectivity index (χ0) is 17.9. The molecular formula is C16H19N5O3. The highest BCUT2D eigenvalue weighted by Gasteiger charge is 2.19. The lowest BCUT2D eigenvalue weighted by Gasteiger charge is -2.14. The molecule has 0 unspecified atom stereocenters. The van der Waals surface area contributed by atoms with E-state index in [-0.39, 0.29) is 16.8 Å². The lowest BCUT2D eigenvalue weighted by atomic mass is 9.92. The normalized spacial score (nSPS) is 12.1. The Kier molecular flexibility index (Phi) is 4.77. The molecule has 0 spiro atoms. The Morgan fingerprint density at radius 1 is 1.29 bits per heavy atom. The van der Waals surface area contributed by atoms with Crippen molar-refractivity contribution < 1.29 is 9.72 Å². The van der Waals surface area contributed by atoms with Gasteiger partial charge in [-0.25, -0.2) is 5.43 Å². The summed E-state index contributed by atoms with van der Waals surface area (Å²) < 4.78 is 0. The minimum Gasteiger partial charge on any atom is -0.281 e. The van der Waals surface area contributed by atoms with Gasteiger partial charge in [0, 0.05) is 23.2 Å². The standard InChI is InChI=1S/C16H19N5O3/c1-10(11-5-7-12(8-6-11)21(23)24)17-20-15(22)13-9-14(19-18-13)16(2,3)4/h5-9H,1-4H3,(H,18,19)(H,20,22). The SMILES string of the molecule is CC(=NNC(=O)c1cc(C(C)(C)C)[nH]n1)c1ccc([N+](=O)[O-])cc1. The number of benzene rings is 1. The smallest absolute Gasteiger partial charge is 0.281 e. The summed E-state index contributed by atoms with van der Waals surface area (Å²) >= 11 is 0. The van der Waals surface area contributed by atoms with Crippen molar-refractivity contribution in [1.82, 2.24) is 15.6 Å². The first kappa shape index (κ1) is 17.3. The number of carbonyl (C=O) groups is 1. The number of non-ortho nitro benzene ring substituents is 1. The maximum atomic E-state index is 12.1. The number of nitrogens with zero attached hydrogens (tertiary/aromatic N) is 3. The first-order valence-electron chi connectivity index (χ1n) is 7.34. The minimum absolute atomic E-state index is 0.00168. The molecule has 0 atom stereocenters. The monoisotopic (exact) mass is 329 g/mol. The molecule has 0 saturated heterocycles. The van der Waals surface area contributed by atoms with Gasteiger partial charge in [0.2, 0.25) is 0 Å². The van der Waals surface area contributed by atoms with Gasteiger partial charge in [-0.15, -0.1) is 0 Å². The molecule has 24 heavy (non-hydrogen) atoms. The highest BCUT2D eigenvalue weighted by Crippen LogP contribution is 2.20. The first-order valence-corrected chi connectivity index (χ1v) is 7.34. The van der Waals surface area contributed by atoms with Gasteiger partial charge in [-0.05, 0) is 30.7 Å². The molecule has 8 nitrogen and oxygen atoms in total. The number of hydrogen-bond donors (Lipinski definition) is 2. The maximum Gasteiger partial charge on any atom is 0.291 e. The Morgan fingerprint density at radius 3 is 2.42 bits per heavy atom. The Hall–Kier alpha value is -3.03. The van der Waals surface area contributed by atoms with Crippen molar-refractivity contribution in [1.29, 1.82) is 0 Å². The molecule has 0 radical (unpaired) electrons. The van der Waals surface area contributed by atoms with Gasteiger partial charge in [0.15, 0.2) is 5.69 Å². The van der Waals surface area contributed by atoms with Crippen molar-refractivity contribution in [2.75, 3.05) is 0 Å². The maximum absolute atomic E-state index is 12.1. The lowest BCUT2D eigenvalue weighted by Crippen LogP contribution is -2.19. The Bertz CT molecular complexity index is 785. The van der Waals surface area contributed by atoms with Crippen LogP contribution in [0.5, 0.6) is 0 Å². The van der Waals surface area contributed by atoms with Crippen LogP contribution in [0.2, 0.25) is 0 Å². The number of nitro groups is 1. The Balaban J connectivity index is 2.07. The molecular weight excluding hydrogens is 310 g/mol. The average Bonchev–Trinajstić information content (AvgIpc) is 3.02. The number of nitro benzene ring substituents is 1. The van der Waals surface area contributed by atoms with Gasteiger partial charge in [-0.3, -0.25) is 20.0 Å². The fourth-order valence-electron chi connectivity index (χ4n) is 1.90. The highest BCUT2D eigenvalue weighted by atomic mass is 16.6. The number of rotatable bonds is 4. The average molecular weight is 329 g/mol. The molecule has 0 fully saturated rings. The van der Waals surface area contributed by atoms with E-state index in [9.17, 15) is 14.9 Å². The quantitative estimate of drug-likeness (QED) is 0.510. The molecule has 2 aromatic rings. The fourth-order valence-corrected chi connectivity index (χ4v) is 1.90. The third-order valence-corrected chi connectivity index (χ3v) is 3.44. The van der Waals surface area contributed by atoms with Crippen LogP contribution >= 0.6 is 0 Å². The van der Waals surface area contributed by atoms with Gasteiger partial charge in [0.25, 0.3) is 11.6 Å². The number of aromatic nitrogens is 2. The topological polar surface area (TPSA) is 113 Å². The Labute approximate surface area is 139 Å². The van der Waals surface area contributed by atoms with Crippen molar-refractivity contribution in [3.05, 3.63) is 57.4 Å². The molecule has 0 aliphatic carbocycles. The molecule has 1 aromatic heterocycles. The summed E-state index contributed by atoms with van der Waals surface area (Å²) in [6.07, 6.45) is 0. The molecule has 8 heteroatoms. The van der Waals surface area contributed by atoms with Gasteiger partial charge < -0.3 is 0 Å². The molecule has 1 amide bonds. The first-order chi connectivity index (χ1) is 11.2. The number of carbonyl (C=O) groups excluding carboxylic acids is 1. The predicted octanol–water partition coefficient (Wildman–Crippen LogP) is 2.77. The third kappa shape index (κ3) is 4.03. The summed E-state index contributed by atoms with van der Waals surface area (Å²) in [6.45, 7) is 7.74. The molecule has 0 bridgehead atoms. The molecule has 0 saturated carbocycles. The van der Waals surface area contributed by atoms with Crippen LogP contribution < -0.4 is 5.43 Å². The molecule has 126 valence electrons. The van der Waals surface area contributed by atoms with Crippen molar-refractivity contribution in [2.24, 2.45) is 5.10 Å². The number of hydrazone groups is 1. The second-order valence-corrected chi connectivity index (χ2v) is 6.36. The molecule has 0 aliphatic heterocycles. The van der Waals surface area contributed by atoms with Gasteiger partial charge in [0.05, 0.1) is 10.6 Å². The van der Waals surface area contributed by atoms with E-state index in [0.717, 1.165) is 5.69 Å². The minimum atomic E-state index is -0.470. The number of hydrogen-bond acceptors (Lipinski definition) is 5. The number of nitrogens with one attached hydrogen (secondary N) is 2. The number of aromatic amines is 1. The van der Waals surface area contributed by atoms with E-state index in [1.165, 1.54) is 12.1 Å². The number of amides is 1. The van der Waals surface area contributed by atoms with Crippen LogP contribution in [-0.2, 0) is 5.41 Å². The molecule has 2 rings (SSSR count). The van der Waals surface area contributed by atoms with Crippen LogP contribution in [0.1, 0.15) is 49.4 Å². The predicted molar refractivity (Wildman–Crippen MR) is 90.1 cm³/mol. The van der Waals surface area contributed by atoms with Crippen LogP contribution in [0.3, 0.4) is 0 Å². The van der Waals surface area contributed by atoms with Crippen LogP contribution in [0.15, 0.2) is 35.4 Å². The van der Waals surface area contributed by atoms with E-state index in [0.29, 0.717) is 11.3 Å². The van der Waals surface area contributed by atoms with Crippen LogP contribution in [0.25, 0.3) is 0 Å². The summed E-state index contributed by atoms with van der Waals surface area (Å²) in [6, 6.07) is 7.62. The van der Waals surface area contributed by atoms with Crippen LogP contribution in [-0.4, -0.2) is 26.7 Å². The number of H-pyrrole nitrogens is 1. The fraction of sp³-hybridized carbons (Fsp3) is 0.312. The molecule has 0 aliphatic rings. The van der Waals surface area contributed by atoms with Gasteiger partial charge in [0.1, 0.15) is 0 Å². The summed E-state index contributed by atoms with van der Waals surface area (Å²) in [4.78, 5) is 22.2. The molecule has 2 N–H and O–H groups in total. The van der Waals surface area contributed by atoms with E-state index in [2.05, 4.69) is 20.7 Å². The van der Waals surface area contributed by atoms with E-state index in [1.54, 1.807) is 25.1 Å². The summed E-state index contributed by atoms with van der Waals surface area (Å²) in [5, 5.41) is 21.5. The second-order valence-electron chi connectivity index (χ2n) is 6.36.